The Hall–Kier alpha value is -0.0800. The summed E-state index contributed by atoms with van der Waals surface area (Å²) in [6.07, 6.45) is 0. The number of halogens is 6. The van der Waals surface area contributed by atoms with Crippen LogP contribution in [0.4, 0.5) is 13.2 Å². The zero-order chi connectivity index (χ0) is 14.2. The second kappa shape index (κ2) is 6.13. The Bertz CT molecular complexity index is 632. The Labute approximate surface area is 138 Å². The first-order valence-corrected chi connectivity index (χ1v) is 7.92. The van der Waals surface area contributed by atoms with Gasteiger partial charge in [0.2, 0.25) is 0 Å². The molecule has 0 aliphatic carbocycles. The second-order valence-electron chi connectivity index (χ2n) is 3.82. The highest BCUT2D eigenvalue weighted by Gasteiger charge is 2.20. The summed E-state index contributed by atoms with van der Waals surface area (Å²) in [5, 5.41) is 0. The fourth-order valence-corrected chi connectivity index (χ4v) is 3.79. The maximum absolute atomic E-state index is 13.7. The molecule has 2 rings (SSSR count). The Kier molecular flexibility index (Phi) is 4.94. The lowest BCUT2D eigenvalue weighted by Gasteiger charge is -2.14. The number of hydrogen-bond donors (Lipinski definition) is 0. The molecule has 0 aliphatic rings. The lowest BCUT2D eigenvalue weighted by molar-refractivity contribution is 0.491. The summed E-state index contributed by atoms with van der Waals surface area (Å²) in [6.45, 7) is 0. The van der Waals surface area contributed by atoms with Crippen LogP contribution in [-0.4, -0.2) is 0 Å². The lowest BCUT2D eigenvalue weighted by atomic mass is 10.0. The number of hydrogen-bond acceptors (Lipinski definition) is 0. The monoisotopic (exact) mass is 504 g/mol. The van der Waals surface area contributed by atoms with Gasteiger partial charge in [-0.1, -0.05) is 31.9 Å². The summed E-state index contributed by atoms with van der Waals surface area (Å²) in [6, 6.07) is 6.95. The van der Waals surface area contributed by atoms with Gasteiger partial charge in [0.1, 0.15) is 5.82 Å². The molecule has 0 nitrogen and oxygen atoms in total. The summed E-state index contributed by atoms with van der Waals surface area (Å²) in [7, 11) is 0. The molecular formula is C13H6Br2F3I. The molecule has 0 heterocycles. The largest absolute Gasteiger partial charge is 0.207 e. The molecule has 6 heteroatoms. The zero-order valence-corrected chi connectivity index (χ0v) is 14.6. The molecule has 0 bridgehead atoms. The fourth-order valence-electron chi connectivity index (χ4n) is 1.61. The van der Waals surface area contributed by atoms with E-state index >= 15 is 0 Å². The van der Waals surface area contributed by atoms with Gasteiger partial charge in [-0.05, 0) is 52.4 Å². The van der Waals surface area contributed by atoms with Crippen LogP contribution < -0.4 is 0 Å². The predicted octanol–water partition coefficient (Wildman–Crippen LogP) is 5.96. The standard InChI is InChI=1S/C13H6Br2F3I/c14-6-1-2-12(19)8(3-6)13(15)7-4-10(17)11(18)5-9(7)16/h1-5,13H. The van der Waals surface area contributed by atoms with Crippen molar-refractivity contribution in [1.82, 2.24) is 0 Å². The number of alkyl halides is 1. The van der Waals surface area contributed by atoms with Crippen LogP contribution in [-0.2, 0) is 0 Å². The van der Waals surface area contributed by atoms with Gasteiger partial charge in [0.25, 0.3) is 0 Å². The highest BCUT2D eigenvalue weighted by atomic mass is 127. The van der Waals surface area contributed by atoms with E-state index in [1.54, 1.807) is 0 Å². The zero-order valence-electron chi connectivity index (χ0n) is 9.23. The van der Waals surface area contributed by atoms with Gasteiger partial charge >= 0.3 is 0 Å². The second-order valence-corrected chi connectivity index (χ2v) is 6.81. The van der Waals surface area contributed by atoms with Crippen LogP contribution in [0.15, 0.2) is 34.8 Å². The first-order chi connectivity index (χ1) is 8.90. The molecule has 0 amide bonds. The average molecular weight is 506 g/mol. The molecule has 100 valence electrons. The van der Waals surface area contributed by atoms with E-state index < -0.39 is 22.3 Å². The molecule has 19 heavy (non-hydrogen) atoms. The van der Waals surface area contributed by atoms with Crippen LogP contribution >= 0.6 is 54.5 Å². The van der Waals surface area contributed by atoms with Crippen molar-refractivity contribution >= 4 is 54.5 Å². The maximum atomic E-state index is 13.7. The SMILES string of the molecule is Fc1cc(F)c(C(Br)c2cc(Br)ccc2I)cc1F. The number of benzene rings is 2. The van der Waals surface area contributed by atoms with E-state index in [2.05, 4.69) is 54.5 Å². The molecule has 0 radical (unpaired) electrons. The normalized spacial score (nSPS) is 12.5. The van der Waals surface area contributed by atoms with Gasteiger partial charge in [-0.15, -0.1) is 0 Å². The first-order valence-electron chi connectivity index (χ1n) is 5.13. The van der Waals surface area contributed by atoms with E-state index in [-0.39, 0.29) is 5.56 Å². The van der Waals surface area contributed by atoms with E-state index in [1.807, 2.05) is 18.2 Å². The molecule has 2 aromatic rings. The highest BCUT2D eigenvalue weighted by Crippen LogP contribution is 2.37. The molecule has 0 N–H and O–H groups in total. The van der Waals surface area contributed by atoms with E-state index in [1.165, 1.54) is 0 Å². The van der Waals surface area contributed by atoms with Gasteiger partial charge in [0.05, 0.1) is 4.83 Å². The summed E-state index contributed by atoms with van der Waals surface area (Å²) in [5.74, 6) is -3.03. The predicted molar refractivity (Wildman–Crippen MR) is 83.9 cm³/mol. The van der Waals surface area contributed by atoms with Crippen LogP contribution in [0.5, 0.6) is 0 Å². The van der Waals surface area contributed by atoms with Crippen molar-refractivity contribution in [3.63, 3.8) is 0 Å². The molecule has 1 atom stereocenters. The summed E-state index contributed by atoms with van der Waals surface area (Å²) in [4.78, 5) is -0.549. The summed E-state index contributed by atoms with van der Waals surface area (Å²) >= 11 is 8.77. The van der Waals surface area contributed by atoms with Crippen LogP contribution in [0.1, 0.15) is 16.0 Å². The van der Waals surface area contributed by atoms with Gasteiger partial charge in [-0.2, -0.15) is 0 Å². The number of rotatable bonds is 2. The third-order valence-electron chi connectivity index (χ3n) is 2.54. The van der Waals surface area contributed by atoms with Crippen LogP contribution in [0.2, 0.25) is 0 Å². The molecule has 0 saturated heterocycles. The third-order valence-corrected chi connectivity index (χ3v) is 5.01. The molecule has 2 aromatic carbocycles. The quantitative estimate of drug-likeness (QED) is 0.269. The van der Waals surface area contributed by atoms with E-state index in [0.29, 0.717) is 6.07 Å². The Balaban J connectivity index is 2.52. The molecule has 0 aromatic heterocycles. The van der Waals surface area contributed by atoms with Crippen molar-refractivity contribution in [2.45, 2.75) is 4.83 Å². The van der Waals surface area contributed by atoms with Gasteiger partial charge in [-0.3, -0.25) is 0 Å². The van der Waals surface area contributed by atoms with Crippen molar-refractivity contribution in [3.8, 4) is 0 Å². The first kappa shape index (κ1) is 15.3. The van der Waals surface area contributed by atoms with E-state index in [0.717, 1.165) is 19.7 Å². The van der Waals surface area contributed by atoms with Gasteiger partial charge in [0.15, 0.2) is 11.6 Å². The van der Waals surface area contributed by atoms with E-state index in [9.17, 15) is 13.2 Å². The molecule has 1 unspecified atom stereocenters. The maximum Gasteiger partial charge on any atom is 0.161 e. The van der Waals surface area contributed by atoms with E-state index in [4.69, 9.17) is 0 Å². The molecule has 0 aliphatic heterocycles. The minimum Gasteiger partial charge on any atom is -0.207 e. The molecule has 0 fully saturated rings. The topological polar surface area (TPSA) is 0 Å². The Morgan fingerprint density at radius 2 is 1.53 bits per heavy atom. The van der Waals surface area contributed by atoms with Crippen molar-refractivity contribution in [3.05, 3.63) is 67.0 Å². The minimum absolute atomic E-state index is 0.0647. The summed E-state index contributed by atoms with van der Waals surface area (Å²) < 4.78 is 41.6. The van der Waals surface area contributed by atoms with Gasteiger partial charge < -0.3 is 0 Å². The average Bonchev–Trinajstić information content (AvgIpc) is 2.36. The van der Waals surface area contributed by atoms with Crippen molar-refractivity contribution in [2.75, 3.05) is 0 Å². The van der Waals surface area contributed by atoms with Crippen LogP contribution in [0.3, 0.4) is 0 Å². The minimum atomic E-state index is -1.19. The van der Waals surface area contributed by atoms with Gasteiger partial charge in [0, 0.05) is 19.7 Å². The fraction of sp³-hybridized carbons (Fsp3) is 0.0769. The van der Waals surface area contributed by atoms with Crippen LogP contribution in [0.25, 0.3) is 0 Å². The third kappa shape index (κ3) is 3.33. The lowest BCUT2D eigenvalue weighted by Crippen LogP contribution is -2.01. The van der Waals surface area contributed by atoms with Gasteiger partial charge in [-0.25, -0.2) is 13.2 Å². The Morgan fingerprint density at radius 3 is 2.21 bits per heavy atom. The molecular weight excluding hydrogens is 500 g/mol. The van der Waals surface area contributed by atoms with Crippen molar-refractivity contribution in [1.29, 1.82) is 0 Å². The Morgan fingerprint density at radius 1 is 0.895 bits per heavy atom. The van der Waals surface area contributed by atoms with Crippen LogP contribution in [0, 0.1) is 21.0 Å². The van der Waals surface area contributed by atoms with Crippen molar-refractivity contribution in [2.24, 2.45) is 0 Å². The molecule has 0 saturated carbocycles. The smallest absolute Gasteiger partial charge is 0.161 e. The highest BCUT2D eigenvalue weighted by molar-refractivity contribution is 14.1. The van der Waals surface area contributed by atoms with Crippen molar-refractivity contribution < 1.29 is 13.2 Å². The molecule has 0 spiro atoms. The summed E-state index contributed by atoms with van der Waals surface area (Å²) in [5.41, 5.74) is 0.842.